The summed E-state index contributed by atoms with van der Waals surface area (Å²) in [5.74, 6) is 1.14. The number of aromatic nitrogens is 2. The number of rotatable bonds is 8. The smallest absolute Gasteiger partial charge is 0.257 e. The van der Waals surface area contributed by atoms with Crippen molar-refractivity contribution < 1.29 is 17.7 Å². The zero-order valence-corrected chi connectivity index (χ0v) is 17.9. The van der Waals surface area contributed by atoms with Crippen LogP contribution in [0.2, 0.25) is 0 Å². The van der Waals surface area contributed by atoms with E-state index in [9.17, 15) is 8.42 Å². The van der Waals surface area contributed by atoms with Crippen molar-refractivity contribution in [2.24, 2.45) is 0 Å². The van der Waals surface area contributed by atoms with E-state index in [-0.39, 0.29) is 41.0 Å². The van der Waals surface area contributed by atoms with Gasteiger partial charge in [0.2, 0.25) is 10.0 Å². The Balaban J connectivity index is 0.00000280. The van der Waals surface area contributed by atoms with Gasteiger partial charge in [-0.3, -0.25) is 0 Å². The van der Waals surface area contributed by atoms with E-state index in [1.54, 1.807) is 12.1 Å². The first-order valence-corrected chi connectivity index (χ1v) is 10.6. The molecule has 0 aliphatic heterocycles. The Morgan fingerprint density at radius 2 is 2.04 bits per heavy atom. The van der Waals surface area contributed by atoms with Crippen molar-refractivity contribution in [2.75, 3.05) is 14.2 Å². The number of hydrogen-bond acceptors (Lipinski definition) is 7. The minimum atomic E-state index is -3.71. The molecular weight excluding hydrogens is 404 g/mol. The second kappa shape index (κ2) is 9.69. The fourth-order valence-electron chi connectivity index (χ4n) is 3.18. The number of benzene rings is 1. The van der Waals surface area contributed by atoms with E-state index in [0.717, 1.165) is 25.7 Å². The Labute approximate surface area is 171 Å². The van der Waals surface area contributed by atoms with E-state index in [2.05, 4.69) is 20.2 Å². The second-order valence-corrected chi connectivity index (χ2v) is 8.56. The largest absolute Gasteiger partial charge is 0.495 e. The van der Waals surface area contributed by atoms with Gasteiger partial charge in [0.25, 0.3) is 5.89 Å². The highest BCUT2D eigenvalue weighted by Crippen LogP contribution is 2.30. The highest BCUT2D eigenvalue weighted by molar-refractivity contribution is 7.89. The van der Waals surface area contributed by atoms with E-state index in [0.29, 0.717) is 17.8 Å². The molecule has 1 aromatic carbocycles. The molecule has 0 bridgehead atoms. The van der Waals surface area contributed by atoms with Crippen LogP contribution in [0, 0.1) is 0 Å². The Morgan fingerprint density at radius 3 is 2.68 bits per heavy atom. The standard InChI is InChI=1S/C18H26N4O4S.ClH/c1-12(19-2)10-17-20-18(26-21-17)13-8-9-15(25-3)16(11-13)27(23,24)22-14-6-4-5-7-14;/h8-9,11-12,14,19,22H,4-7,10H2,1-3H3;1H. The summed E-state index contributed by atoms with van der Waals surface area (Å²) in [5, 5.41) is 7.09. The Kier molecular flexibility index (Phi) is 7.82. The topological polar surface area (TPSA) is 106 Å². The van der Waals surface area contributed by atoms with Crippen molar-refractivity contribution in [3.8, 4) is 17.2 Å². The fraction of sp³-hybridized carbons (Fsp3) is 0.556. The number of halogens is 1. The third-order valence-electron chi connectivity index (χ3n) is 4.83. The van der Waals surface area contributed by atoms with E-state index in [1.165, 1.54) is 13.2 Å². The lowest BCUT2D eigenvalue weighted by Crippen LogP contribution is -2.32. The molecule has 2 aromatic rings. The zero-order chi connectivity index (χ0) is 19.4. The quantitative estimate of drug-likeness (QED) is 0.662. The number of ether oxygens (including phenoxy) is 1. The number of likely N-dealkylation sites (N-methyl/N-ethyl adjacent to an activating group) is 1. The first-order chi connectivity index (χ1) is 12.9. The first-order valence-electron chi connectivity index (χ1n) is 9.13. The number of methoxy groups -OCH3 is 1. The molecule has 0 amide bonds. The summed E-state index contributed by atoms with van der Waals surface area (Å²) in [7, 11) is -0.391. The van der Waals surface area contributed by atoms with Crippen LogP contribution in [0.3, 0.4) is 0 Å². The summed E-state index contributed by atoms with van der Waals surface area (Å²) in [4.78, 5) is 4.46. The second-order valence-electron chi connectivity index (χ2n) is 6.88. The zero-order valence-electron chi connectivity index (χ0n) is 16.3. The van der Waals surface area contributed by atoms with Crippen LogP contribution < -0.4 is 14.8 Å². The molecule has 156 valence electrons. The van der Waals surface area contributed by atoms with Crippen LogP contribution in [0.15, 0.2) is 27.6 Å². The van der Waals surface area contributed by atoms with Crippen molar-refractivity contribution in [3.63, 3.8) is 0 Å². The lowest BCUT2D eigenvalue weighted by Gasteiger charge is -2.15. The average Bonchev–Trinajstić information content (AvgIpc) is 3.32. The summed E-state index contributed by atoms with van der Waals surface area (Å²) in [6, 6.07) is 5.03. The third-order valence-corrected chi connectivity index (χ3v) is 6.37. The predicted octanol–water partition coefficient (Wildman–Crippen LogP) is 2.54. The van der Waals surface area contributed by atoms with Gasteiger partial charge in [-0.25, -0.2) is 13.1 Å². The van der Waals surface area contributed by atoms with E-state index >= 15 is 0 Å². The highest BCUT2D eigenvalue weighted by Gasteiger charge is 2.26. The monoisotopic (exact) mass is 430 g/mol. The number of nitrogens with one attached hydrogen (secondary N) is 2. The Morgan fingerprint density at radius 1 is 1.32 bits per heavy atom. The van der Waals surface area contributed by atoms with Crippen LogP contribution in [0.25, 0.3) is 11.5 Å². The molecule has 10 heteroatoms. The maximum Gasteiger partial charge on any atom is 0.257 e. The van der Waals surface area contributed by atoms with Gasteiger partial charge in [0, 0.05) is 24.1 Å². The molecule has 2 N–H and O–H groups in total. The van der Waals surface area contributed by atoms with Gasteiger partial charge in [-0.2, -0.15) is 4.98 Å². The van der Waals surface area contributed by atoms with Crippen molar-refractivity contribution >= 4 is 22.4 Å². The summed E-state index contributed by atoms with van der Waals surface area (Å²) in [5.41, 5.74) is 0.540. The van der Waals surface area contributed by atoms with Crippen LogP contribution in [-0.2, 0) is 16.4 Å². The van der Waals surface area contributed by atoms with Crippen LogP contribution in [0.4, 0.5) is 0 Å². The van der Waals surface area contributed by atoms with Gasteiger partial charge in [-0.05, 0) is 45.0 Å². The maximum atomic E-state index is 12.9. The van der Waals surface area contributed by atoms with Gasteiger partial charge < -0.3 is 14.6 Å². The molecule has 1 unspecified atom stereocenters. The maximum absolute atomic E-state index is 12.9. The van der Waals surface area contributed by atoms with E-state index < -0.39 is 10.0 Å². The molecule has 1 fully saturated rings. The third kappa shape index (κ3) is 5.22. The van der Waals surface area contributed by atoms with Crippen molar-refractivity contribution in [2.45, 2.75) is 56.0 Å². The summed E-state index contributed by atoms with van der Waals surface area (Å²) < 4.78 is 39.1. The molecule has 8 nitrogen and oxygen atoms in total. The van der Waals surface area contributed by atoms with Gasteiger partial charge in [-0.15, -0.1) is 12.4 Å². The Hall–Kier alpha value is -1.68. The molecule has 0 saturated heterocycles. The molecule has 0 radical (unpaired) electrons. The molecule has 1 atom stereocenters. The van der Waals surface area contributed by atoms with E-state index in [1.807, 2.05) is 14.0 Å². The number of sulfonamides is 1. The predicted molar refractivity (Wildman–Crippen MR) is 108 cm³/mol. The van der Waals surface area contributed by atoms with Gasteiger partial charge in [0.1, 0.15) is 10.6 Å². The van der Waals surface area contributed by atoms with Crippen LogP contribution in [-0.4, -0.2) is 44.8 Å². The summed E-state index contributed by atoms with van der Waals surface area (Å²) in [6.45, 7) is 2.02. The first kappa shape index (κ1) is 22.6. The highest BCUT2D eigenvalue weighted by atomic mass is 35.5. The minimum absolute atomic E-state index is 0. The average molecular weight is 431 g/mol. The van der Waals surface area contributed by atoms with Crippen LogP contribution in [0.5, 0.6) is 5.75 Å². The molecule has 1 heterocycles. The number of hydrogen-bond donors (Lipinski definition) is 2. The Bertz CT molecular complexity index is 881. The molecule has 1 saturated carbocycles. The molecule has 28 heavy (non-hydrogen) atoms. The normalized spacial score (nSPS) is 16.0. The van der Waals surface area contributed by atoms with Gasteiger partial charge >= 0.3 is 0 Å². The van der Waals surface area contributed by atoms with Crippen LogP contribution >= 0.6 is 12.4 Å². The van der Waals surface area contributed by atoms with Crippen LogP contribution in [0.1, 0.15) is 38.4 Å². The summed E-state index contributed by atoms with van der Waals surface area (Å²) >= 11 is 0. The molecule has 1 aliphatic carbocycles. The van der Waals surface area contributed by atoms with Crippen molar-refractivity contribution in [1.82, 2.24) is 20.2 Å². The molecule has 3 rings (SSSR count). The number of nitrogens with zero attached hydrogens (tertiary/aromatic N) is 2. The van der Waals surface area contributed by atoms with E-state index in [4.69, 9.17) is 9.26 Å². The molecular formula is C18H27ClN4O4S. The summed E-state index contributed by atoms with van der Waals surface area (Å²) in [6.07, 6.45) is 4.42. The minimum Gasteiger partial charge on any atom is -0.495 e. The fourth-order valence-corrected chi connectivity index (χ4v) is 4.68. The SMILES string of the molecule is CNC(C)Cc1noc(-c2ccc(OC)c(S(=O)(=O)NC3CCCC3)c2)n1.Cl. The van der Waals surface area contributed by atoms with Crippen molar-refractivity contribution in [1.29, 1.82) is 0 Å². The molecule has 1 aromatic heterocycles. The lowest BCUT2D eigenvalue weighted by molar-refractivity contribution is 0.401. The molecule has 0 spiro atoms. The lowest BCUT2D eigenvalue weighted by atomic mass is 10.2. The van der Waals surface area contributed by atoms with Gasteiger partial charge in [0.15, 0.2) is 5.82 Å². The van der Waals surface area contributed by atoms with Crippen molar-refractivity contribution in [3.05, 3.63) is 24.0 Å². The molecule has 1 aliphatic rings. The van der Waals surface area contributed by atoms with Gasteiger partial charge in [-0.1, -0.05) is 18.0 Å². The van der Waals surface area contributed by atoms with Gasteiger partial charge in [0.05, 0.1) is 7.11 Å².